The van der Waals surface area contributed by atoms with Crippen LogP contribution in [0.4, 0.5) is 0 Å². The minimum absolute atomic E-state index is 0.0600. The summed E-state index contributed by atoms with van der Waals surface area (Å²) in [7, 11) is -3.57. The van der Waals surface area contributed by atoms with Crippen molar-refractivity contribution in [1.82, 2.24) is 4.72 Å². The van der Waals surface area contributed by atoms with E-state index in [1.54, 1.807) is 20.8 Å². The highest BCUT2D eigenvalue weighted by Crippen LogP contribution is 2.28. The second kappa shape index (κ2) is 4.92. The van der Waals surface area contributed by atoms with Gasteiger partial charge in [0.25, 0.3) is 0 Å². The molecule has 0 amide bonds. The molecule has 0 radical (unpaired) electrons. The molecule has 16 heavy (non-hydrogen) atoms. The van der Waals surface area contributed by atoms with Gasteiger partial charge in [0.1, 0.15) is 4.90 Å². The first-order valence-corrected chi connectivity index (χ1v) is 6.96. The Bertz CT molecular complexity index is 498. The highest BCUT2D eigenvalue weighted by Gasteiger charge is 2.19. The summed E-state index contributed by atoms with van der Waals surface area (Å²) in [6.07, 6.45) is 0. The maximum atomic E-state index is 11.9. The lowest BCUT2D eigenvalue weighted by molar-refractivity contribution is 0.570. The smallest absolute Gasteiger partial charge is 0.209 e. The molecule has 0 aliphatic heterocycles. The van der Waals surface area contributed by atoms with Crippen LogP contribution in [0.15, 0.2) is 17.0 Å². The van der Waals surface area contributed by atoms with Crippen LogP contribution in [0.5, 0.6) is 0 Å². The Morgan fingerprint density at radius 3 is 2.25 bits per heavy atom. The molecule has 3 nitrogen and oxygen atoms in total. The lowest BCUT2D eigenvalue weighted by Gasteiger charge is -2.12. The van der Waals surface area contributed by atoms with Gasteiger partial charge >= 0.3 is 0 Å². The molecule has 0 saturated carbocycles. The molecule has 0 atom stereocenters. The summed E-state index contributed by atoms with van der Waals surface area (Å²) in [4.78, 5) is 0.0600. The SMILES string of the molecule is Cc1cc(S(=O)(=O)NC(C)C)c(Cl)cc1Cl. The van der Waals surface area contributed by atoms with E-state index in [-0.39, 0.29) is 16.0 Å². The third kappa shape index (κ3) is 3.10. The molecule has 1 rings (SSSR count). The molecule has 0 aliphatic rings. The molecule has 0 saturated heterocycles. The fraction of sp³-hybridized carbons (Fsp3) is 0.400. The van der Waals surface area contributed by atoms with E-state index in [0.717, 1.165) is 0 Å². The number of aryl methyl sites for hydroxylation is 1. The number of sulfonamides is 1. The number of rotatable bonds is 3. The van der Waals surface area contributed by atoms with Crippen molar-refractivity contribution >= 4 is 33.2 Å². The molecular weight excluding hydrogens is 269 g/mol. The summed E-state index contributed by atoms with van der Waals surface area (Å²) in [5, 5.41) is 0.581. The van der Waals surface area contributed by atoms with Gasteiger partial charge in [-0.1, -0.05) is 23.2 Å². The largest absolute Gasteiger partial charge is 0.242 e. The molecule has 0 aromatic heterocycles. The van der Waals surface area contributed by atoms with Gasteiger partial charge in [-0.05, 0) is 38.5 Å². The van der Waals surface area contributed by atoms with Crippen molar-refractivity contribution in [2.75, 3.05) is 0 Å². The van der Waals surface area contributed by atoms with Gasteiger partial charge in [0.15, 0.2) is 0 Å². The quantitative estimate of drug-likeness (QED) is 0.926. The van der Waals surface area contributed by atoms with E-state index >= 15 is 0 Å². The van der Waals surface area contributed by atoms with Crippen molar-refractivity contribution in [2.45, 2.75) is 31.7 Å². The molecule has 6 heteroatoms. The molecule has 0 spiro atoms. The van der Waals surface area contributed by atoms with Gasteiger partial charge in [0, 0.05) is 11.1 Å². The van der Waals surface area contributed by atoms with Crippen molar-refractivity contribution in [3.05, 3.63) is 27.7 Å². The van der Waals surface area contributed by atoms with Gasteiger partial charge in [-0.15, -0.1) is 0 Å². The van der Waals surface area contributed by atoms with Gasteiger partial charge in [-0.25, -0.2) is 13.1 Å². The predicted octanol–water partition coefficient (Wildman–Crippen LogP) is 2.99. The van der Waals surface area contributed by atoms with Crippen molar-refractivity contribution in [1.29, 1.82) is 0 Å². The van der Waals surface area contributed by atoms with E-state index < -0.39 is 10.0 Å². The maximum Gasteiger partial charge on any atom is 0.242 e. The topological polar surface area (TPSA) is 46.2 Å². The minimum Gasteiger partial charge on any atom is -0.209 e. The van der Waals surface area contributed by atoms with E-state index in [1.807, 2.05) is 0 Å². The molecule has 0 fully saturated rings. The molecule has 0 heterocycles. The van der Waals surface area contributed by atoms with E-state index in [2.05, 4.69) is 4.72 Å². The number of hydrogen-bond donors (Lipinski definition) is 1. The summed E-state index contributed by atoms with van der Waals surface area (Å²) in [5.74, 6) is 0. The second-order valence-electron chi connectivity index (χ2n) is 3.81. The van der Waals surface area contributed by atoms with Gasteiger partial charge in [0.2, 0.25) is 10.0 Å². The lowest BCUT2D eigenvalue weighted by atomic mass is 10.2. The van der Waals surface area contributed by atoms with Crippen LogP contribution >= 0.6 is 23.2 Å². The zero-order valence-corrected chi connectivity index (χ0v) is 11.5. The van der Waals surface area contributed by atoms with Crippen LogP contribution in [0.1, 0.15) is 19.4 Å². The Labute approximate surface area is 106 Å². The van der Waals surface area contributed by atoms with Crippen LogP contribution in [0.2, 0.25) is 10.0 Å². The Morgan fingerprint density at radius 2 is 1.75 bits per heavy atom. The van der Waals surface area contributed by atoms with E-state index in [4.69, 9.17) is 23.2 Å². The zero-order chi connectivity index (χ0) is 12.5. The van der Waals surface area contributed by atoms with Crippen LogP contribution in [-0.2, 0) is 10.0 Å². The van der Waals surface area contributed by atoms with E-state index in [1.165, 1.54) is 12.1 Å². The first-order chi connectivity index (χ1) is 7.24. The third-order valence-corrected chi connectivity index (χ3v) is 4.42. The highest BCUT2D eigenvalue weighted by atomic mass is 35.5. The first kappa shape index (κ1) is 13.8. The summed E-state index contributed by atoms with van der Waals surface area (Å²) in [5.41, 5.74) is 0.676. The van der Waals surface area contributed by atoms with Crippen molar-refractivity contribution < 1.29 is 8.42 Å². The lowest BCUT2D eigenvalue weighted by Crippen LogP contribution is -2.30. The molecule has 0 bridgehead atoms. The van der Waals surface area contributed by atoms with Crippen LogP contribution in [0.25, 0.3) is 0 Å². The van der Waals surface area contributed by atoms with E-state index in [0.29, 0.717) is 10.6 Å². The van der Waals surface area contributed by atoms with Gasteiger partial charge < -0.3 is 0 Å². The zero-order valence-electron chi connectivity index (χ0n) is 9.21. The normalized spacial score (nSPS) is 12.1. The Kier molecular flexibility index (Phi) is 4.23. The van der Waals surface area contributed by atoms with Gasteiger partial charge in [-0.2, -0.15) is 0 Å². The summed E-state index contributed by atoms with van der Waals surface area (Å²) in [6.45, 7) is 5.22. The minimum atomic E-state index is -3.57. The van der Waals surface area contributed by atoms with Crippen molar-refractivity contribution in [2.24, 2.45) is 0 Å². The fourth-order valence-corrected chi connectivity index (χ4v) is 3.29. The number of benzene rings is 1. The summed E-state index contributed by atoms with van der Waals surface area (Å²) < 4.78 is 26.2. The van der Waals surface area contributed by atoms with Crippen molar-refractivity contribution in [3.63, 3.8) is 0 Å². The van der Waals surface area contributed by atoms with Gasteiger partial charge in [-0.3, -0.25) is 0 Å². The monoisotopic (exact) mass is 281 g/mol. The molecule has 0 aliphatic carbocycles. The molecule has 0 unspecified atom stereocenters. The first-order valence-electron chi connectivity index (χ1n) is 4.72. The average Bonchev–Trinajstić information content (AvgIpc) is 2.08. The molecule has 1 N–H and O–H groups in total. The van der Waals surface area contributed by atoms with E-state index in [9.17, 15) is 8.42 Å². The van der Waals surface area contributed by atoms with Crippen molar-refractivity contribution in [3.8, 4) is 0 Å². The van der Waals surface area contributed by atoms with Crippen LogP contribution in [0.3, 0.4) is 0 Å². The number of halogens is 2. The standard InChI is InChI=1S/C10H13Cl2NO2S/c1-6(2)13-16(14,15)10-4-7(3)8(11)5-9(10)12/h4-6,13H,1-3H3. The predicted molar refractivity (Wildman–Crippen MR) is 66.7 cm³/mol. The number of nitrogens with one attached hydrogen (secondary N) is 1. The Balaban J connectivity index is 3.29. The summed E-state index contributed by atoms with van der Waals surface area (Å²) in [6, 6.07) is 2.72. The van der Waals surface area contributed by atoms with Crippen LogP contribution in [-0.4, -0.2) is 14.5 Å². The second-order valence-corrected chi connectivity index (χ2v) is 6.30. The molecular formula is C10H13Cl2NO2S. The van der Waals surface area contributed by atoms with Crippen LogP contribution in [0, 0.1) is 6.92 Å². The number of hydrogen-bond acceptors (Lipinski definition) is 2. The third-order valence-electron chi connectivity index (χ3n) is 1.89. The van der Waals surface area contributed by atoms with Crippen LogP contribution < -0.4 is 4.72 Å². The Morgan fingerprint density at radius 1 is 1.19 bits per heavy atom. The molecule has 1 aromatic rings. The summed E-state index contributed by atoms with van der Waals surface area (Å²) >= 11 is 11.7. The Hall–Kier alpha value is -0.290. The highest BCUT2D eigenvalue weighted by molar-refractivity contribution is 7.89. The maximum absolute atomic E-state index is 11.9. The molecule has 1 aromatic carbocycles. The molecule has 90 valence electrons. The average molecular weight is 282 g/mol. The fourth-order valence-electron chi connectivity index (χ4n) is 1.21. The van der Waals surface area contributed by atoms with Gasteiger partial charge in [0.05, 0.1) is 5.02 Å².